The van der Waals surface area contributed by atoms with Gasteiger partial charge in [0.2, 0.25) is 5.78 Å². The van der Waals surface area contributed by atoms with E-state index in [9.17, 15) is 13.2 Å². The van der Waals surface area contributed by atoms with Gasteiger partial charge in [0.05, 0.1) is 21.7 Å². The van der Waals surface area contributed by atoms with E-state index in [1.165, 1.54) is 42.7 Å². The van der Waals surface area contributed by atoms with Crippen LogP contribution in [0.1, 0.15) is 29.9 Å². The highest BCUT2D eigenvalue weighted by molar-refractivity contribution is 7.92. The molecule has 156 valence electrons. The lowest BCUT2D eigenvalue weighted by Crippen LogP contribution is -2.17. The second-order valence-corrected chi connectivity index (χ2v) is 8.71. The van der Waals surface area contributed by atoms with Crippen LogP contribution in [-0.4, -0.2) is 30.3 Å². The van der Waals surface area contributed by atoms with Gasteiger partial charge in [0.15, 0.2) is 0 Å². The van der Waals surface area contributed by atoms with Gasteiger partial charge in [-0.2, -0.15) is 0 Å². The van der Waals surface area contributed by atoms with Gasteiger partial charge in [0, 0.05) is 18.0 Å². The van der Waals surface area contributed by atoms with Crippen molar-refractivity contribution in [2.75, 3.05) is 10.5 Å². The highest BCUT2D eigenvalue weighted by Crippen LogP contribution is 2.25. The molecule has 3 N–H and O–H groups in total. The zero-order valence-corrected chi connectivity index (χ0v) is 17.7. The van der Waals surface area contributed by atoms with E-state index < -0.39 is 15.8 Å². The fourth-order valence-corrected chi connectivity index (χ4v) is 3.76. The summed E-state index contributed by atoms with van der Waals surface area (Å²) in [6, 6.07) is 10.2. The van der Waals surface area contributed by atoms with Gasteiger partial charge in [0.25, 0.3) is 10.0 Å². The Labute approximate surface area is 179 Å². The summed E-state index contributed by atoms with van der Waals surface area (Å²) in [6.07, 6.45) is 2.51. The van der Waals surface area contributed by atoms with Crippen LogP contribution in [-0.2, 0) is 10.0 Å². The molecule has 0 atom stereocenters. The fourth-order valence-electron chi connectivity index (χ4n) is 2.55. The number of hydrogen-bond donors (Lipinski definition) is 2. The standard InChI is InChI=1S/C20H19ClN4O4S/c1-12(2)29-15-4-6-16(7-5-15)30(27,28)25-17-9-14(21)11-24-19(17)20(26)13-3-8-18(22)23-10-13/h3-12,25H,1-2H3,(H2,22,23). The van der Waals surface area contributed by atoms with Gasteiger partial charge in [-0.05, 0) is 56.3 Å². The van der Waals surface area contributed by atoms with Crippen LogP contribution < -0.4 is 15.2 Å². The molecule has 0 unspecified atom stereocenters. The highest BCUT2D eigenvalue weighted by atomic mass is 35.5. The van der Waals surface area contributed by atoms with Crippen LogP contribution in [0.2, 0.25) is 5.02 Å². The van der Waals surface area contributed by atoms with Crippen molar-refractivity contribution in [1.82, 2.24) is 9.97 Å². The zero-order chi connectivity index (χ0) is 21.9. The summed E-state index contributed by atoms with van der Waals surface area (Å²) in [4.78, 5) is 20.7. The molecule has 0 amide bonds. The number of nitrogens with zero attached hydrogens (tertiary/aromatic N) is 2. The summed E-state index contributed by atoms with van der Waals surface area (Å²) in [5.74, 6) is 0.263. The van der Waals surface area contributed by atoms with Gasteiger partial charge >= 0.3 is 0 Å². The number of hydrogen-bond acceptors (Lipinski definition) is 7. The first-order valence-corrected chi connectivity index (χ1v) is 10.7. The quantitative estimate of drug-likeness (QED) is 0.532. The van der Waals surface area contributed by atoms with Crippen molar-refractivity contribution in [3.05, 3.63) is 71.1 Å². The summed E-state index contributed by atoms with van der Waals surface area (Å²) < 4.78 is 33.6. The van der Waals surface area contributed by atoms with E-state index in [0.717, 1.165) is 0 Å². The fraction of sp³-hybridized carbons (Fsp3) is 0.150. The number of nitrogens with one attached hydrogen (secondary N) is 1. The second-order valence-electron chi connectivity index (χ2n) is 6.59. The highest BCUT2D eigenvalue weighted by Gasteiger charge is 2.22. The van der Waals surface area contributed by atoms with Crippen LogP contribution in [0, 0.1) is 0 Å². The molecule has 3 rings (SSSR count). The topological polar surface area (TPSA) is 124 Å². The Hall–Kier alpha value is -3.17. The van der Waals surface area contributed by atoms with Crippen molar-refractivity contribution in [1.29, 1.82) is 0 Å². The predicted molar refractivity (Wildman–Crippen MR) is 114 cm³/mol. The molecule has 0 aliphatic rings. The van der Waals surface area contributed by atoms with Crippen molar-refractivity contribution in [2.24, 2.45) is 0 Å². The average Bonchev–Trinajstić information content (AvgIpc) is 2.68. The summed E-state index contributed by atoms with van der Waals surface area (Å²) in [5.41, 5.74) is 5.58. The summed E-state index contributed by atoms with van der Waals surface area (Å²) in [6.45, 7) is 3.74. The monoisotopic (exact) mass is 446 g/mol. The number of pyridine rings is 2. The molecule has 0 aliphatic heterocycles. The lowest BCUT2D eigenvalue weighted by molar-refractivity contribution is 0.103. The number of benzene rings is 1. The number of nitrogen functional groups attached to an aromatic ring is 1. The van der Waals surface area contributed by atoms with Crippen LogP contribution in [0.15, 0.2) is 59.8 Å². The van der Waals surface area contributed by atoms with Crippen molar-refractivity contribution in [2.45, 2.75) is 24.8 Å². The van der Waals surface area contributed by atoms with Gasteiger partial charge in [-0.15, -0.1) is 0 Å². The maximum Gasteiger partial charge on any atom is 0.261 e. The Balaban J connectivity index is 1.92. The Morgan fingerprint density at radius 1 is 1.10 bits per heavy atom. The molecule has 0 radical (unpaired) electrons. The number of carbonyl (C=O) groups is 1. The van der Waals surface area contributed by atoms with Crippen molar-refractivity contribution < 1.29 is 17.9 Å². The molecule has 30 heavy (non-hydrogen) atoms. The van der Waals surface area contributed by atoms with Gasteiger partial charge in [-0.1, -0.05) is 11.6 Å². The van der Waals surface area contributed by atoms with Crippen LogP contribution in [0.25, 0.3) is 0 Å². The van der Waals surface area contributed by atoms with E-state index in [0.29, 0.717) is 5.75 Å². The van der Waals surface area contributed by atoms with E-state index in [-0.39, 0.29) is 38.8 Å². The van der Waals surface area contributed by atoms with Crippen molar-refractivity contribution in [3.63, 3.8) is 0 Å². The Kier molecular flexibility index (Phi) is 6.23. The Morgan fingerprint density at radius 2 is 1.80 bits per heavy atom. The molecule has 8 nitrogen and oxygen atoms in total. The Bertz CT molecular complexity index is 1160. The number of aromatic nitrogens is 2. The Morgan fingerprint density at radius 3 is 2.40 bits per heavy atom. The maximum absolute atomic E-state index is 12.8. The van der Waals surface area contributed by atoms with E-state index in [1.54, 1.807) is 12.1 Å². The predicted octanol–water partition coefficient (Wildman–Crippen LogP) is 3.53. The van der Waals surface area contributed by atoms with E-state index in [2.05, 4.69) is 14.7 Å². The first-order valence-electron chi connectivity index (χ1n) is 8.87. The molecule has 2 aromatic heterocycles. The molecule has 2 heterocycles. The number of rotatable bonds is 7. The molecular weight excluding hydrogens is 428 g/mol. The molecule has 3 aromatic rings. The molecule has 0 saturated heterocycles. The van der Waals surface area contributed by atoms with E-state index >= 15 is 0 Å². The third kappa shape index (κ3) is 5.05. The lowest BCUT2D eigenvalue weighted by atomic mass is 10.1. The third-order valence-electron chi connectivity index (χ3n) is 3.87. The van der Waals surface area contributed by atoms with Crippen LogP contribution in [0.3, 0.4) is 0 Å². The first-order chi connectivity index (χ1) is 14.2. The molecule has 0 aliphatic carbocycles. The largest absolute Gasteiger partial charge is 0.491 e. The van der Waals surface area contributed by atoms with Gasteiger partial charge in [-0.25, -0.2) is 18.4 Å². The first kappa shape index (κ1) is 21.5. The smallest absolute Gasteiger partial charge is 0.261 e. The minimum Gasteiger partial charge on any atom is -0.491 e. The van der Waals surface area contributed by atoms with E-state index in [4.69, 9.17) is 22.1 Å². The van der Waals surface area contributed by atoms with Crippen LogP contribution >= 0.6 is 11.6 Å². The molecule has 0 spiro atoms. The summed E-state index contributed by atoms with van der Waals surface area (Å²) >= 11 is 5.98. The van der Waals surface area contributed by atoms with Crippen molar-refractivity contribution >= 4 is 38.9 Å². The molecular formula is C20H19ClN4O4S. The third-order valence-corrected chi connectivity index (χ3v) is 5.46. The van der Waals surface area contributed by atoms with Gasteiger partial charge in [0.1, 0.15) is 17.3 Å². The number of nitrogens with two attached hydrogens (primary N) is 1. The number of ether oxygens (including phenoxy) is 1. The SMILES string of the molecule is CC(C)Oc1ccc(S(=O)(=O)Nc2cc(Cl)cnc2C(=O)c2ccc(N)nc2)cc1. The molecule has 0 saturated carbocycles. The van der Waals surface area contributed by atoms with Crippen molar-refractivity contribution in [3.8, 4) is 5.75 Å². The number of sulfonamides is 1. The number of halogens is 1. The molecule has 1 aromatic carbocycles. The lowest BCUT2D eigenvalue weighted by Gasteiger charge is -2.13. The van der Waals surface area contributed by atoms with Crippen LogP contribution in [0.5, 0.6) is 5.75 Å². The zero-order valence-electron chi connectivity index (χ0n) is 16.2. The molecule has 0 fully saturated rings. The van der Waals surface area contributed by atoms with Crippen LogP contribution in [0.4, 0.5) is 11.5 Å². The van der Waals surface area contributed by atoms with Gasteiger partial charge < -0.3 is 10.5 Å². The summed E-state index contributed by atoms with van der Waals surface area (Å²) in [7, 11) is -4.01. The average molecular weight is 447 g/mol. The second kappa shape index (κ2) is 8.68. The normalized spacial score (nSPS) is 11.3. The molecule has 10 heteroatoms. The number of carbonyl (C=O) groups excluding carboxylic acids is 1. The minimum absolute atomic E-state index is 0.00821. The maximum atomic E-state index is 12.8. The molecule has 0 bridgehead atoms. The number of ketones is 1. The van der Waals surface area contributed by atoms with E-state index in [1.807, 2.05) is 13.8 Å². The number of anilines is 2. The minimum atomic E-state index is -4.01. The summed E-state index contributed by atoms with van der Waals surface area (Å²) in [5, 5.41) is 0.167. The van der Waals surface area contributed by atoms with Gasteiger partial charge in [-0.3, -0.25) is 9.52 Å².